The molecule has 0 spiro atoms. The Morgan fingerprint density at radius 3 is 2.41 bits per heavy atom. The van der Waals surface area contributed by atoms with Crippen molar-refractivity contribution in [3.8, 4) is 0 Å². The van der Waals surface area contributed by atoms with Crippen LogP contribution in [0.25, 0.3) is 0 Å². The summed E-state index contributed by atoms with van der Waals surface area (Å²) in [7, 11) is 2.45. The fraction of sp³-hybridized carbons (Fsp3) is 0.160. The van der Waals surface area contributed by atoms with E-state index in [2.05, 4.69) is 5.32 Å². The van der Waals surface area contributed by atoms with E-state index in [1.165, 1.54) is 25.2 Å². The highest BCUT2D eigenvalue weighted by molar-refractivity contribution is 6.07. The van der Waals surface area contributed by atoms with E-state index >= 15 is 0 Å². The van der Waals surface area contributed by atoms with Crippen molar-refractivity contribution < 1.29 is 23.9 Å². The Morgan fingerprint density at radius 2 is 1.69 bits per heavy atom. The third-order valence-corrected chi connectivity index (χ3v) is 4.83. The van der Waals surface area contributed by atoms with Gasteiger partial charge >= 0.3 is 11.9 Å². The number of nitrogens with zero attached hydrogens (tertiary/aromatic N) is 1. The fourth-order valence-electron chi connectivity index (χ4n) is 3.33. The Hall–Kier alpha value is -4.13. The van der Waals surface area contributed by atoms with Gasteiger partial charge in [-0.05, 0) is 36.8 Å². The zero-order valence-electron chi connectivity index (χ0n) is 18.1. The Morgan fingerprint density at radius 1 is 0.938 bits per heavy atom. The summed E-state index contributed by atoms with van der Waals surface area (Å²) >= 11 is 0. The number of anilines is 1. The van der Waals surface area contributed by atoms with Crippen molar-refractivity contribution in [2.45, 2.75) is 13.5 Å². The van der Waals surface area contributed by atoms with Gasteiger partial charge in [0.1, 0.15) is 5.70 Å². The maximum atomic E-state index is 13.1. The van der Waals surface area contributed by atoms with Crippen molar-refractivity contribution in [2.75, 3.05) is 19.1 Å². The molecule has 1 aliphatic heterocycles. The summed E-state index contributed by atoms with van der Waals surface area (Å²) in [5, 5.41) is 2.91. The summed E-state index contributed by atoms with van der Waals surface area (Å²) in [4.78, 5) is 39.5. The third kappa shape index (κ3) is 4.95. The van der Waals surface area contributed by atoms with E-state index in [1.54, 1.807) is 42.6 Å². The van der Waals surface area contributed by atoms with Crippen molar-refractivity contribution in [1.82, 2.24) is 5.32 Å². The highest BCUT2D eigenvalue weighted by Crippen LogP contribution is 2.29. The summed E-state index contributed by atoms with van der Waals surface area (Å²) in [5.74, 6) is -1.76. The molecule has 0 atom stereocenters. The second-order valence-electron chi connectivity index (χ2n) is 7.00. The molecule has 1 N–H and O–H groups in total. The molecule has 2 aromatic carbocycles. The van der Waals surface area contributed by atoms with Gasteiger partial charge in [0.15, 0.2) is 0 Å². The topological polar surface area (TPSA) is 84.9 Å². The lowest BCUT2D eigenvalue weighted by molar-refractivity contribution is -0.139. The number of carbonyl (C=O) groups is 3. The number of benzene rings is 2. The molecule has 1 heterocycles. The minimum atomic E-state index is -0.739. The van der Waals surface area contributed by atoms with Crippen LogP contribution in [0.5, 0.6) is 0 Å². The van der Waals surface area contributed by atoms with Gasteiger partial charge in [-0.15, -0.1) is 0 Å². The molecule has 164 valence electrons. The van der Waals surface area contributed by atoms with Crippen LogP contribution in [0.1, 0.15) is 21.5 Å². The van der Waals surface area contributed by atoms with Gasteiger partial charge in [-0.1, -0.05) is 48.0 Å². The van der Waals surface area contributed by atoms with Gasteiger partial charge in [0.25, 0.3) is 5.91 Å². The number of nitrogens with one attached hydrogen (secondary N) is 1. The number of para-hydroxylation sites is 1. The third-order valence-electron chi connectivity index (χ3n) is 4.83. The monoisotopic (exact) mass is 432 g/mol. The first-order valence-electron chi connectivity index (χ1n) is 9.94. The van der Waals surface area contributed by atoms with E-state index in [0.717, 1.165) is 11.1 Å². The first-order chi connectivity index (χ1) is 15.5. The molecule has 0 bridgehead atoms. The molecule has 0 fully saturated rings. The summed E-state index contributed by atoms with van der Waals surface area (Å²) in [6.07, 6.45) is 6.32. The molecule has 0 aromatic heterocycles. The maximum absolute atomic E-state index is 13.1. The van der Waals surface area contributed by atoms with Crippen molar-refractivity contribution in [1.29, 1.82) is 0 Å². The predicted molar refractivity (Wildman–Crippen MR) is 121 cm³/mol. The molecule has 0 radical (unpaired) electrons. The van der Waals surface area contributed by atoms with Crippen LogP contribution in [-0.4, -0.2) is 32.1 Å². The molecule has 7 heteroatoms. The van der Waals surface area contributed by atoms with E-state index in [1.807, 2.05) is 31.2 Å². The second kappa shape index (κ2) is 10.3. The van der Waals surface area contributed by atoms with E-state index in [9.17, 15) is 14.4 Å². The quantitative estimate of drug-likeness (QED) is 0.704. The summed E-state index contributed by atoms with van der Waals surface area (Å²) in [6, 6.07) is 14.7. The number of esters is 2. The molecule has 7 nitrogen and oxygen atoms in total. The minimum Gasteiger partial charge on any atom is -0.465 e. The van der Waals surface area contributed by atoms with E-state index in [4.69, 9.17) is 9.47 Å². The van der Waals surface area contributed by atoms with Crippen LogP contribution in [0.15, 0.2) is 84.2 Å². The molecular weight excluding hydrogens is 408 g/mol. The first-order valence-corrected chi connectivity index (χ1v) is 9.94. The van der Waals surface area contributed by atoms with Crippen LogP contribution in [-0.2, 0) is 25.6 Å². The summed E-state index contributed by atoms with van der Waals surface area (Å²) in [6.45, 7) is 2.33. The van der Waals surface area contributed by atoms with Crippen LogP contribution >= 0.6 is 0 Å². The van der Waals surface area contributed by atoms with Crippen molar-refractivity contribution in [2.24, 2.45) is 0 Å². The number of aryl methyl sites for hydroxylation is 1. The fourth-order valence-corrected chi connectivity index (χ4v) is 3.33. The number of carbonyl (C=O) groups excluding carboxylic acids is 3. The average molecular weight is 432 g/mol. The lowest BCUT2D eigenvalue weighted by atomic mass is 10.1. The van der Waals surface area contributed by atoms with E-state index < -0.39 is 11.9 Å². The number of amides is 1. The van der Waals surface area contributed by atoms with Crippen molar-refractivity contribution in [3.05, 3.63) is 101 Å². The maximum Gasteiger partial charge on any atom is 0.355 e. The van der Waals surface area contributed by atoms with Gasteiger partial charge in [0.2, 0.25) is 0 Å². The molecule has 1 amide bonds. The molecule has 0 aliphatic carbocycles. The van der Waals surface area contributed by atoms with E-state index in [0.29, 0.717) is 17.8 Å². The van der Waals surface area contributed by atoms with Crippen LogP contribution in [0.3, 0.4) is 0 Å². The number of hydrogen-bond donors (Lipinski definition) is 1. The van der Waals surface area contributed by atoms with Crippen LogP contribution in [0, 0.1) is 6.92 Å². The van der Waals surface area contributed by atoms with Crippen LogP contribution in [0.2, 0.25) is 0 Å². The van der Waals surface area contributed by atoms with Crippen molar-refractivity contribution >= 4 is 23.5 Å². The van der Waals surface area contributed by atoms with E-state index in [-0.39, 0.29) is 17.2 Å². The standard InChI is InChI=1S/C25H24N2O5/c1-17-9-8-10-18(15-17)16-26-23(28)19-11-4-5-13-21(19)27-14-7-6-12-20(24(29)31-2)22(27)25(30)32-3/h4-15H,16H2,1-3H3,(H,26,28). The average Bonchev–Trinajstić information content (AvgIpc) is 3.04. The Balaban J connectivity index is 2.00. The number of methoxy groups -OCH3 is 2. The number of hydrogen-bond acceptors (Lipinski definition) is 6. The molecule has 1 aliphatic rings. The molecule has 0 saturated heterocycles. The van der Waals surface area contributed by atoms with Gasteiger partial charge in [0, 0.05) is 12.7 Å². The van der Waals surface area contributed by atoms with Gasteiger partial charge in [-0.2, -0.15) is 0 Å². The zero-order chi connectivity index (χ0) is 23.1. The van der Waals surface area contributed by atoms with Crippen LogP contribution < -0.4 is 10.2 Å². The molecule has 2 aromatic rings. The SMILES string of the molecule is COC(=O)C1=C(C(=O)OC)N(c2ccccc2C(=O)NCc2cccc(C)c2)C=CC=C1. The highest BCUT2D eigenvalue weighted by atomic mass is 16.5. The molecule has 0 unspecified atom stereocenters. The highest BCUT2D eigenvalue weighted by Gasteiger charge is 2.29. The molecule has 32 heavy (non-hydrogen) atoms. The minimum absolute atomic E-state index is 0.0133. The Labute approximate surface area is 186 Å². The van der Waals surface area contributed by atoms with Gasteiger partial charge < -0.3 is 19.7 Å². The van der Waals surface area contributed by atoms with Gasteiger partial charge in [0.05, 0.1) is 31.0 Å². The van der Waals surface area contributed by atoms with Gasteiger partial charge in [-0.25, -0.2) is 9.59 Å². The molecule has 3 rings (SSSR count). The smallest absolute Gasteiger partial charge is 0.355 e. The normalized spacial score (nSPS) is 12.9. The summed E-state index contributed by atoms with van der Waals surface area (Å²) in [5.41, 5.74) is 2.77. The van der Waals surface area contributed by atoms with Crippen LogP contribution in [0.4, 0.5) is 5.69 Å². The lowest BCUT2D eigenvalue weighted by Crippen LogP contribution is -2.30. The molecule has 0 saturated carbocycles. The molecular formula is C25H24N2O5. The number of rotatable bonds is 6. The Kier molecular flexibility index (Phi) is 7.23. The second-order valence-corrected chi connectivity index (χ2v) is 7.00. The summed E-state index contributed by atoms with van der Waals surface area (Å²) < 4.78 is 9.76. The van der Waals surface area contributed by atoms with Crippen molar-refractivity contribution in [3.63, 3.8) is 0 Å². The lowest BCUT2D eigenvalue weighted by Gasteiger charge is -2.25. The van der Waals surface area contributed by atoms with Gasteiger partial charge in [-0.3, -0.25) is 4.79 Å². The first kappa shape index (κ1) is 22.6. The number of allylic oxidation sites excluding steroid dienone is 2. The zero-order valence-corrected chi connectivity index (χ0v) is 18.1. The predicted octanol–water partition coefficient (Wildman–Crippen LogP) is 3.42. The number of ether oxygens (including phenoxy) is 2. The Bertz CT molecular complexity index is 1130. The largest absolute Gasteiger partial charge is 0.465 e.